The zero-order valence-corrected chi connectivity index (χ0v) is 11.4. The van der Waals surface area contributed by atoms with E-state index >= 15 is 0 Å². The fraction of sp³-hybridized carbons (Fsp3) is 0. The second kappa shape index (κ2) is 5.35. The maximum absolute atomic E-state index is 9.86. The minimum absolute atomic E-state index is 0.138. The first-order chi connectivity index (χ1) is 9.74. The van der Waals surface area contributed by atoms with Crippen LogP contribution in [0.25, 0.3) is 23.1 Å². The van der Waals surface area contributed by atoms with Gasteiger partial charge >= 0.3 is 0 Å². The highest BCUT2D eigenvalue weighted by Gasteiger charge is 2.05. The number of hydrogen-bond acceptors (Lipinski definition) is 2. The van der Waals surface area contributed by atoms with Crippen molar-refractivity contribution in [3.8, 4) is 5.75 Å². The fourth-order valence-corrected chi connectivity index (χ4v) is 2.24. The van der Waals surface area contributed by atoms with Crippen molar-refractivity contribution in [1.82, 2.24) is 4.98 Å². The topological polar surface area (TPSA) is 33.1 Å². The molecule has 0 aliphatic heterocycles. The summed E-state index contributed by atoms with van der Waals surface area (Å²) in [5.41, 5.74) is 2.40. The van der Waals surface area contributed by atoms with E-state index in [1.54, 1.807) is 12.1 Å². The number of hydrogen-bond donors (Lipinski definition) is 1. The molecule has 1 aromatic heterocycles. The van der Waals surface area contributed by atoms with Gasteiger partial charge in [-0.1, -0.05) is 48.0 Å². The molecule has 0 spiro atoms. The first kappa shape index (κ1) is 12.7. The van der Waals surface area contributed by atoms with E-state index in [4.69, 9.17) is 11.6 Å². The Labute approximate surface area is 122 Å². The van der Waals surface area contributed by atoms with Gasteiger partial charge < -0.3 is 5.11 Å². The van der Waals surface area contributed by atoms with Crippen LogP contribution in [0.2, 0.25) is 5.02 Å². The highest BCUT2D eigenvalue weighted by Crippen LogP contribution is 2.29. The van der Waals surface area contributed by atoms with Gasteiger partial charge in [0.15, 0.2) is 0 Å². The Morgan fingerprint density at radius 2 is 1.70 bits per heavy atom. The molecule has 3 rings (SSSR count). The van der Waals surface area contributed by atoms with Gasteiger partial charge in [-0.2, -0.15) is 0 Å². The number of phenolic OH excluding ortho intramolecular Hbond substituents is 1. The monoisotopic (exact) mass is 281 g/mol. The third kappa shape index (κ3) is 2.51. The Hall–Kier alpha value is -2.32. The third-order valence-electron chi connectivity index (χ3n) is 3.05. The minimum atomic E-state index is 0.138. The van der Waals surface area contributed by atoms with Crippen LogP contribution in [-0.2, 0) is 0 Å². The molecule has 2 aromatic carbocycles. The van der Waals surface area contributed by atoms with E-state index in [1.165, 1.54) is 0 Å². The van der Waals surface area contributed by atoms with Crippen LogP contribution in [0.3, 0.4) is 0 Å². The van der Waals surface area contributed by atoms with Crippen LogP contribution in [0.5, 0.6) is 5.75 Å². The van der Waals surface area contributed by atoms with Crippen molar-refractivity contribution in [2.75, 3.05) is 0 Å². The lowest BCUT2D eigenvalue weighted by molar-refractivity contribution is 0.480. The zero-order chi connectivity index (χ0) is 13.9. The van der Waals surface area contributed by atoms with Gasteiger partial charge in [0.25, 0.3) is 0 Å². The van der Waals surface area contributed by atoms with E-state index in [-0.39, 0.29) is 5.75 Å². The van der Waals surface area contributed by atoms with Crippen LogP contribution < -0.4 is 0 Å². The standard InChI is InChI=1S/C17H12ClNO/c18-15-10-11-16(20)17-14(15)9-8-13(19-17)7-6-12-4-2-1-3-5-12/h1-11,20H/b7-6+. The lowest BCUT2D eigenvalue weighted by Gasteiger charge is -2.03. The van der Waals surface area contributed by atoms with E-state index in [1.807, 2.05) is 54.6 Å². The number of pyridine rings is 1. The molecule has 20 heavy (non-hydrogen) atoms. The number of phenols is 1. The zero-order valence-electron chi connectivity index (χ0n) is 10.6. The van der Waals surface area contributed by atoms with Gasteiger partial charge in [0.1, 0.15) is 11.3 Å². The number of rotatable bonds is 2. The summed E-state index contributed by atoms with van der Waals surface area (Å²) in [6, 6.07) is 17.0. The van der Waals surface area contributed by atoms with E-state index in [0.29, 0.717) is 10.5 Å². The van der Waals surface area contributed by atoms with Gasteiger partial charge in [0.2, 0.25) is 0 Å². The van der Waals surface area contributed by atoms with Crippen molar-refractivity contribution >= 4 is 34.7 Å². The summed E-state index contributed by atoms with van der Waals surface area (Å²) in [7, 11) is 0. The molecule has 0 saturated heterocycles. The summed E-state index contributed by atoms with van der Waals surface area (Å²) >= 11 is 6.09. The Kier molecular flexibility index (Phi) is 3.40. The number of benzene rings is 2. The summed E-state index contributed by atoms with van der Waals surface area (Å²) < 4.78 is 0. The highest BCUT2D eigenvalue weighted by atomic mass is 35.5. The summed E-state index contributed by atoms with van der Waals surface area (Å²) in [4.78, 5) is 4.43. The second-order valence-corrected chi connectivity index (χ2v) is 4.85. The molecule has 0 aliphatic rings. The largest absolute Gasteiger partial charge is 0.506 e. The van der Waals surface area contributed by atoms with Crippen LogP contribution >= 0.6 is 11.6 Å². The van der Waals surface area contributed by atoms with Crippen LogP contribution in [0.4, 0.5) is 0 Å². The molecule has 0 aliphatic carbocycles. The van der Waals surface area contributed by atoms with Gasteiger partial charge in [0.05, 0.1) is 10.7 Å². The van der Waals surface area contributed by atoms with Crippen molar-refractivity contribution < 1.29 is 5.11 Å². The summed E-state index contributed by atoms with van der Waals surface area (Å²) in [5, 5.41) is 11.2. The molecule has 0 bridgehead atoms. The lowest BCUT2D eigenvalue weighted by atomic mass is 10.1. The predicted octanol–water partition coefficient (Wildman–Crippen LogP) is 4.76. The highest BCUT2D eigenvalue weighted by molar-refractivity contribution is 6.35. The molecular weight excluding hydrogens is 270 g/mol. The molecule has 1 heterocycles. The van der Waals surface area contributed by atoms with Gasteiger partial charge in [-0.3, -0.25) is 0 Å². The van der Waals surface area contributed by atoms with E-state index < -0.39 is 0 Å². The second-order valence-electron chi connectivity index (χ2n) is 4.44. The number of aromatic hydroxyl groups is 1. The van der Waals surface area contributed by atoms with Gasteiger partial charge in [-0.05, 0) is 35.9 Å². The SMILES string of the molecule is Oc1ccc(Cl)c2ccc(/C=C/c3ccccc3)nc12. The normalized spacial score (nSPS) is 11.2. The smallest absolute Gasteiger partial charge is 0.141 e. The molecule has 98 valence electrons. The summed E-state index contributed by atoms with van der Waals surface area (Å²) in [6.45, 7) is 0. The first-order valence-electron chi connectivity index (χ1n) is 6.25. The van der Waals surface area contributed by atoms with E-state index in [0.717, 1.165) is 16.6 Å². The third-order valence-corrected chi connectivity index (χ3v) is 3.38. The summed E-state index contributed by atoms with van der Waals surface area (Å²) in [5.74, 6) is 0.138. The van der Waals surface area contributed by atoms with Crippen molar-refractivity contribution in [2.24, 2.45) is 0 Å². The predicted molar refractivity (Wildman–Crippen MR) is 83.8 cm³/mol. The van der Waals surface area contributed by atoms with Gasteiger partial charge in [-0.25, -0.2) is 4.98 Å². The number of fused-ring (bicyclic) bond motifs is 1. The molecule has 0 saturated carbocycles. The van der Waals surface area contributed by atoms with E-state index in [9.17, 15) is 5.11 Å². The average Bonchev–Trinajstić information content (AvgIpc) is 2.50. The molecule has 0 atom stereocenters. The Bertz CT molecular complexity index is 782. The van der Waals surface area contributed by atoms with Gasteiger partial charge in [0, 0.05) is 5.39 Å². The van der Waals surface area contributed by atoms with Crippen LogP contribution in [0.15, 0.2) is 54.6 Å². The quantitative estimate of drug-likeness (QED) is 0.734. The van der Waals surface area contributed by atoms with E-state index in [2.05, 4.69) is 4.98 Å². The summed E-state index contributed by atoms with van der Waals surface area (Å²) in [6.07, 6.45) is 3.89. The maximum atomic E-state index is 9.86. The maximum Gasteiger partial charge on any atom is 0.141 e. The minimum Gasteiger partial charge on any atom is -0.506 e. The van der Waals surface area contributed by atoms with Crippen LogP contribution in [0.1, 0.15) is 11.3 Å². The first-order valence-corrected chi connectivity index (χ1v) is 6.63. The Morgan fingerprint density at radius 1 is 0.900 bits per heavy atom. The molecule has 0 radical (unpaired) electrons. The number of halogens is 1. The lowest BCUT2D eigenvalue weighted by Crippen LogP contribution is -1.85. The number of nitrogens with zero attached hydrogens (tertiary/aromatic N) is 1. The molecule has 3 heteroatoms. The number of aromatic nitrogens is 1. The molecular formula is C17H12ClNO. The average molecular weight is 282 g/mol. The molecule has 0 unspecified atom stereocenters. The molecule has 0 amide bonds. The molecule has 0 fully saturated rings. The van der Waals surface area contributed by atoms with Crippen molar-refractivity contribution in [1.29, 1.82) is 0 Å². The van der Waals surface area contributed by atoms with Crippen LogP contribution in [-0.4, -0.2) is 10.1 Å². The molecule has 1 N–H and O–H groups in total. The Balaban J connectivity index is 2.01. The van der Waals surface area contributed by atoms with Crippen molar-refractivity contribution in [3.05, 3.63) is 70.9 Å². The van der Waals surface area contributed by atoms with Crippen LogP contribution in [0, 0.1) is 0 Å². The van der Waals surface area contributed by atoms with Gasteiger partial charge in [-0.15, -0.1) is 0 Å². The molecule has 2 nitrogen and oxygen atoms in total. The van der Waals surface area contributed by atoms with Crippen molar-refractivity contribution in [2.45, 2.75) is 0 Å². The molecule has 3 aromatic rings. The fourth-order valence-electron chi connectivity index (χ4n) is 2.02. The van der Waals surface area contributed by atoms with Crippen molar-refractivity contribution in [3.63, 3.8) is 0 Å². The Morgan fingerprint density at radius 3 is 2.50 bits per heavy atom.